The number of benzene rings is 1. The van der Waals surface area contributed by atoms with Crippen molar-refractivity contribution in [2.45, 2.75) is 6.61 Å². The van der Waals surface area contributed by atoms with Gasteiger partial charge in [-0.3, -0.25) is 4.98 Å². The van der Waals surface area contributed by atoms with Gasteiger partial charge in [-0.25, -0.2) is 0 Å². The number of hydrogen-bond donors (Lipinski definition) is 1. The van der Waals surface area contributed by atoms with Gasteiger partial charge in [0.15, 0.2) is 0 Å². The van der Waals surface area contributed by atoms with Gasteiger partial charge in [-0.05, 0) is 35.9 Å². The number of methoxy groups -OCH3 is 1. The summed E-state index contributed by atoms with van der Waals surface area (Å²) in [5.41, 5.74) is 2.32. The van der Waals surface area contributed by atoms with Crippen LogP contribution in [0.1, 0.15) is 5.56 Å². The molecule has 0 aliphatic rings. The van der Waals surface area contributed by atoms with Gasteiger partial charge < -0.3 is 9.84 Å². The molecule has 0 saturated heterocycles. The van der Waals surface area contributed by atoms with Gasteiger partial charge in [-0.15, -0.1) is 0 Å². The molecule has 2 rings (SSSR count). The van der Waals surface area contributed by atoms with Crippen LogP contribution in [0, 0.1) is 0 Å². The van der Waals surface area contributed by atoms with Crippen LogP contribution in [-0.2, 0) is 6.61 Å². The number of aliphatic hydroxyl groups is 1. The lowest BCUT2D eigenvalue weighted by molar-refractivity contribution is 0.281. The van der Waals surface area contributed by atoms with E-state index < -0.39 is 0 Å². The highest BCUT2D eigenvalue weighted by Gasteiger charge is 2.06. The van der Waals surface area contributed by atoms with Crippen LogP contribution in [0.15, 0.2) is 36.5 Å². The molecule has 88 valence electrons. The minimum atomic E-state index is -0.0599. The van der Waals surface area contributed by atoms with E-state index in [-0.39, 0.29) is 6.61 Å². The molecule has 3 nitrogen and oxygen atoms in total. The Morgan fingerprint density at radius 3 is 2.53 bits per heavy atom. The molecule has 0 unspecified atom stereocenters. The first-order valence-corrected chi connectivity index (χ1v) is 5.52. The van der Waals surface area contributed by atoms with E-state index in [0.29, 0.717) is 16.3 Å². The Kier molecular flexibility index (Phi) is 3.61. The number of aliphatic hydroxyl groups excluding tert-OH is 1. The number of nitrogens with zero attached hydrogens (tertiary/aromatic N) is 1. The zero-order chi connectivity index (χ0) is 12.3. The van der Waals surface area contributed by atoms with Gasteiger partial charge in [-0.1, -0.05) is 11.6 Å². The summed E-state index contributed by atoms with van der Waals surface area (Å²) in [6, 6.07) is 9.21. The molecule has 17 heavy (non-hydrogen) atoms. The summed E-state index contributed by atoms with van der Waals surface area (Å²) in [6.45, 7) is -0.0599. The molecule has 0 bridgehead atoms. The van der Waals surface area contributed by atoms with Crippen LogP contribution in [0.3, 0.4) is 0 Å². The van der Waals surface area contributed by atoms with Crippen LogP contribution in [0.2, 0.25) is 5.02 Å². The third-order valence-corrected chi connectivity index (χ3v) is 2.73. The largest absolute Gasteiger partial charge is 0.497 e. The molecule has 0 radical (unpaired) electrons. The van der Waals surface area contributed by atoms with E-state index in [0.717, 1.165) is 11.3 Å². The van der Waals surface area contributed by atoms with Crippen LogP contribution in [0.5, 0.6) is 5.75 Å². The molecule has 0 fully saturated rings. The van der Waals surface area contributed by atoms with Crippen molar-refractivity contribution in [1.82, 2.24) is 4.98 Å². The van der Waals surface area contributed by atoms with Crippen LogP contribution < -0.4 is 4.74 Å². The maximum absolute atomic E-state index is 8.98. The van der Waals surface area contributed by atoms with Crippen molar-refractivity contribution in [1.29, 1.82) is 0 Å². The fraction of sp³-hybridized carbons (Fsp3) is 0.154. The minimum absolute atomic E-state index is 0.0599. The Bertz CT molecular complexity index is 511. The second-order valence-electron chi connectivity index (χ2n) is 3.56. The average Bonchev–Trinajstić information content (AvgIpc) is 2.39. The maximum Gasteiger partial charge on any atom is 0.118 e. The third-order valence-electron chi connectivity index (χ3n) is 2.44. The lowest BCUT2D eigenvalue weighted by Gasteiger charge is -2.06. The van der Waals surface area contributed by atoms with Crippen molar-refractivity contribution in [2.24, 2.45) is 0 Å². The molecule has 0 atom stereocenters. The van der Waals surface area contributed by atoms with Crippen molar-refractivity contribution < 1.29 is 9.84 Å². The Hall–Kier alpha value is -1.58. The summed E-state index contributed by atoms with van der Waals surface area (Å²) >= 11 is 6.11. The first-order valence-electron chi connectivity index (χ1n) is 5.14. The lowest BCUT2D eigenvalue weighted by Crippen LogP contribution is -1.90. The monoisotopic (exact) mass is 249 g/mol. The SMILES string of the molecule is COc1ccc(-c2ncc(CO)cc2Cl)cc1. The summed E-state index contributed by atoms with van der Waals surface area (Å²) < 4.78 is 5.09. The summed E-state index contributed by atoms with van der Waals surface area (Å²) in [5, 5.41) is 9.51. The molecule has 0 saturated carbocycles. The Morgan fingerprint density at radius 1 is 1.29 bits per heavy atom. The molecular weight excluding hydrogens is 238 g/mol. The normalized spacial score (nSPS) is 10.3. The van der Waals surface area contributed by atoms with E-state index in [9.17, 15) is 0 Å². The van der Waals surface area contributed by atoms with Crippen molar-refractivity contribution >= 4 is 11.6 Å². The van der Waals surface area contributed by atoms with Gasteiger partial charge in [0.25, 0.3) is 0 Å². The fourth-order valence-electron chi connectivity index (χ4n) is 1.53. The van der Waals surface area contributed by atoms with Crippen molar-refractivity contribution in [3.63, 3.8) is 0 Å². The highest BCUT2D eigenvalue weighted by atomic mass is 35.5. The van der Waals surface area contributed by atoms with Crippen LogP contribution in [-0.4, -0.2) is 17.2 Å². The topological polar surface area (TPSA) is 42.4 Å². The Morgan fingerprint density at radius 2 is 2.00 bits per heavy atom. The van der Waals surface area contributed by atoms with Gasteiger partial charge >= 0.3 is 0 Å². The van der Waals surface area contributed by atoms with Gasteiger partial charge in [0.05, 0.1) is 24.4 Å². The standard InChI is InChI=1S/C13H12ClNO2/c1-17-11-4-2-10(3-5-11)13-12(14)6-9(8-16)7-15-13/h2-7,16H,8H2,1H3. The predicted octanol–water partition coefficient (Wildman–Crippen LogP) is 2.90. The van der Waals surface area contributed by atoms with E-state index in [1.807, 2.05) is 24.3 Å². The average molecular weight is 250 g/mol. The summed E-state index contributed by atoms with van der Waals surface area (Å²) in [4.78, 5) is 4.24. The molecule has 1 heterocycles. The van der Waals surface area contributed by atoms with E-state index >= 15 is 0 Å². The first-order chi connectivity index (χ1) is 8.24. The Balaban J connectivity index is 2.38. The van der Waals surface area contributed by atoms with Crippen molar-refractivity contribution in [2.75, 3.05) is 7.11 Å². The molecule has 0 aliphatic carbocycles. The van der Waals surface area contributed by atoms with E-state index in [2.05, 4.69) is 4.98 Å². The fourth-order valence-corrected chi connectivity index (χ4v) is 1.82. The summed E-state index contributed by atoms with van der Waals surface area (Å²) in [5.74, 6) is 0.789. The number of halogens is 1. The van der Waals surface area contributed by atoms with Crippen molar-refractivity contribution in [3.8, 4) is 17.0 Å². The van der Waals surface area contributed by atoms with E-state index in [1.54, 1.807) is 19.4 Å². The molecule has 1 aromatic heterocycles. The molecule has 0 aliphatic heterocycles. The molecule has 1 N–H and O–H groups in total. The predicted molar refractivity (Wildman–Crippen MR) is 67.2 cm³/mol. The summed E-state index contributed by atoms with van der Waals surface area (Å²) in [7, 11) is 1.62. The zero-order valence-electron chi connectivity index (χ0n) is 9.35. The first kappa shape index (κ1) is 11.9. The highest BCUT2D eigenvalue weighted by molar-refractivity contribution is 6.33. The number of rotatable bonds is 3. The minimum Gasteiger partial charge on any atom is -0.497 e. The number of hydrogen-bond acceptors (Lipinski definition) is 3. The number of pyridine rings is 1. The van der Waals surface area contributed by atoms with Crippen LogP contribution >= 0.6 is 11.6 Å². The summed E-state index contributed by atoms with van der Waals surface area (Å²) in [6.07, 6.45) is 1.62. The van der Waals surface area contributed by atoms with Crippen molar-refractivity contribution in [3.05, 3.63) is 47.1 Å². The molecule has 4 heteroatoms. The number of ether oxygens (including phenoxy) is 1. The number of aromatic nitrogens is 1. The molecular formula is C13H12ClNO2. The second kappa shape index (κ2) is 5.17. The van der Waals surface area contributed by atoms with Gasteiger partial charge in [0.1, 0.15) is 5.75 Å². The zero-order valence-corrected chi connectivity index (χ0v) is 10.1. The van der Waals surface area contributed by atoms with Gasteiger partial charge in [0.2, 0.25) is 0 Å². The van der Waals surface area contributed by atoms with E-state index in [4.69, 9.17) is 21.4 Å². The molecule has 0 spiro atoms. The van der Waals surface area contributed by atoms with E-state index in [1.165, 1.54) is 0 Å². The van der Waals surface area contributed by atoms with Crippen LogP contribution in [0.25, 0.3) is 11.3 Å². The molecule has 1 aromatic carbocycles. The highest BCUT2D eigenvalue weighted by Crippen LogP contribution is 2.27. The second-order valence-corrected chi connectivity index (χ2v) is 3.97. The Labute approximate surface area is 105 Å². The molecule has 2 aromatic rings. The van der Waals surface area contributed by atoms with Crippen LogP contribution in [0.4, 0.5) is 0 Å². The van der Waals surface area contributed by atoms with Gasteiger partial charge in [0, 0.05) is 11.8 Å². The maximum atomic E-state index is 8.98. The smallest absolute Gasteiger partial charge is 0.118 e. The lowest BCUT2D eigenvalue weighted by atomic mass is 10.1. The van der Waals surface area contributed by atoms with Gasteiger partial charge in [-0.2, -0.15) is 0 Å². The quantitative estimate of drug-likeness (QED) is 0.910. The molecule has 0 amide bonds. The third kappa shape index (κ3) is 2.57.